The Hall–Kier alpha value is -3.22. The molecule has 2 atom stereocenters. The first-order valence-electron chi connectivity index (χ1n) is 22.2. The van der Waals surface area contributed by atoms with Crippen LogP contribution in [0.4, 0.5) is 0 Å². The molecule has 5 aromatic carbocycles. The number of allylic oxidation sites excluding steroid dienone is 6. The Kier molecular flexibility index (Phi) is 17.0. The van der Waals surface area contributed by atoms with Crippen molar-refractivity contribution in [2.75, 3.05) is 0 Å². The van der Waals surface area contributed by atoms with Gasteiger partial charge in [-0.15, -0.1) is 31.7 Å². The SMILES string of the molecule is CC(C)c1ccc([C](=[Zr])c2ccc(C(C)C)cc2)cc1.C[C-]1C2=C3Cc4ccccc4C3=C3C=CCCC3C2(C)C(C)(C)C(C)(C)C1(C)C.Cl.Cl.c1cc[cH-]c1.c1cc[cH-]c1. The molecule has 0 aliphatic heterocycles. The molecule has 0 bridgehead atoms. The molecule has 0 heterocycles. The summed E-state index contributed by atoms with van der Waals surface area (Å²) in [5.41, 5.74) is 15.8. The number of benzene rings is 3. The molecule has 5 aromatic rings. The summed E-state index contributed by atoms with van der Waals surface area (Å²) in [6, 6.07) is 47.2. The molecule has 0 aromatic heterocycles. The Morgan fingerprint density at radius 3 is 1.57 bits per heavy atom. The minimum absolute atomic E-state index is 0. The Bertz CT molecular complexity index is 2140. The van der Waals surface area contributed by atoms with E-state index >= 15 is 0 Å². The van der Waals surface area contributed by atoms with Crippen LogP contribution in [0.1, 0.15) is 141 Å². The van der Waals surface area contributed by atoms with E-state index in [0.717, 1.165) is 6.42 Å². The number of hydrogen-bond acceptors (Lipinski definition) is 0. The maximum absolute atomic E-state index is 2.62. The molecule has 0 radical (unpaired) electrons. The van der Waals surface area contributed by atoms with Crippen molar-refractivity contribution in [1.82, 2.24) is 0 Å². The molecule has 4 aliphatic carbocycles. The van der Waals surface area contributed by atoms with Crippen LogP contribution in [0.2, 0.25) is 0 Å². The summed E-state index contributed by atoms with van der Waals surface area (Å²) in [5, 5.41) is 0. The van der Waals surface area contributed by atoms with Crippen LogP contribution in [0, 0.1) is 33.5 Å². The Morgan fingerprint density at radius 2 is 1.13 bits per heavy atom. The third kappa shape index (κ3) is 9.52. The Balaban J connectivity index is 0.000000220. The van der Waals surface area contributed by atoms with Gasteiger partial charge in [-0.05, 0) is 40.6 Å². The van der Waals surface area contributed by atoms with Gasteiger partial charge in [-0.3, -0.25) is 0 Å². The minimum Gasteiger partial charge on any atom is -0.214 e. The number of fused-ring (bicyclic) bond motifs is 6. The van der Waals surface area contributed by atoms with Crippen LogP contribution >= 0.6 is 24.8 Å². The van der Waals surface area contributed by atoms with Gasteiger partial charge in [0.25, 0.3) is 0 Å². The summed E-state index contributed by atoms with van der Waals surface area (Å²) >= 11 is 1.47. The second-order valence-corrected chi connectivity index (χ2v) is 20.8. The first-order valence-corrected chi connectivity index (χ1v) is 23.4. The fourth-order valence-electron chi connectivity index (χ4n) is 10.4. The van der Waals surface area contributed by atoms with E-state index in [1.807, 2.05) is 60.7 Å². The van der Waals surface area contributed by atoms with Gasteiger partial charge in [-0.2, -0.15) is 47.5 Å². The van der Waals surface area contributed by atoms with Crippen molar-refractivity contribution in [3.05, 3.63) is 202 Å². The number of halogens is 2. The summed E-state index contributed by atoms with van der Waals surface area (Å²) in [5.74, 6) is 3.44. The molecule has 61 heavy (non-hydrogen) atoms. The van der Waals surface area contributed by atoms with Gasteiger partial charge in [0, 0.05) is 0 Å². The smallest absolute Gasteiger partial charge is 0.00969 e. The molecule has 1 saturated carbocycles. The molecule has 2 unspecified atom stereocenters. The zero-order valence-corrected chi connectivity index (χ0v) is 43.1. The normalized spacial score (nSPS) is 20.7. The fraction of sp³-hybridized carbons (Fsp3) is 0.379. The third-order valence-electron chi connectivity index (χ3n) is 15.6. The molecule has 0 nitrogen and oxygen atoms in total. The maximum atomic E-state index is 2.62. The van der Waals surface area contributed by atoms with Crippen LogP contribution in [0.5, 0.6) is 0 Å². The number of rotatable bonds is 4. The van der Waals surface area contributed by atoms with Gasteiger partial charge in [0.05, 0.1) is 0 Å². The summed E-state index contributed by atoms with van der Waals surface area (Å²) in [7, 11) is 0. The van der Waals surface area contributed by atoms with Crippen molar-refractivity contribution in [3.63, 3.8) is 0 Å². The van der Waals surface area contributed by atoms with Gasteiger partial charge in [-0.25, -0.2) is 30.2 Å². The molecule has 0 N–H and O–H groups in total. The average molecular weight is 930 g/mol. The second kappa shape index (κ2) is 20.5. The van der Waals surface area contributed by atoms with Crippen molar-refractivity contribution in [1.29, 1.82) is 0 Å². The van der Waals surface area contributed by atoms with Crippen LogP contribution in [-0.2, 0) is 30.7 Å². The van der Waals surface area contributed by atoms with Gasteiger partial charge in [0.1, 0.15) is 0 Å². The van der Waals surface area contributed by atoms with Crippen LogP contribution < -0.4 is 0 Å². The first-order chi connectivity index (χ1) is 28.0. The van der Waals surface area contributed by atoms with E-state index in [2.05, 4.69) is 168 Å². The quantitative estimate of drug-likeness (QED) is 0.158. The maximum Gasteiger partial charge on any atom is -0.00969 e. The molecular weight excluding hydrogens is 859 g/mol. The van der Waals surface area contributed by atoms with E-state index in [0.29, 0.717) is 17.8 Å². The van der Waals surface area contributed by atoms with Gasteiger partial charge >= 0.3 is 138 Å². The first kappa shape index (κ1) is 50.4. The van der Waals surface area contributed by atoms with Crippen molar-refractivity contribution in [3.8, 4) is 0 Å². The predicted octanol–water partition coefficient (Wildman–Crippen LogP) is 16.7. The molecule has 324 valence electrons. The number of hydrogen-bond donors (Lipinski definition) is 0. The Morgan fingerprint density at radius 1 is 0.656 bits per heavy atom. The largest absolute Gasteiger partial charge is 0.214 e. The molecular formula is C58H71Cl2Zr-3. The van der Waals surface area contributed by atoms with E-state index < -0.39 is 0 Å². The Labute approximate surface area is 398 Å². The third-order valence-corrected chi connectivity index (χ3v) is 17.1. The summed E-state index contributed by atoms with van der Waals surface area (Å²) in [6.07, 6.45) is 8.50. The van der Waals surface area contributed by atoms with E-state index in [4.69, 9.17) is 0 Å². The zero-order valence-electron chi connectivity index (χ0n) is 39.0. The second-order valence-electron chi connectivity index (χ2n) is 19.6. The van der Waals surface area contributed by atoms with E-state index in [-0.39, 0.29) is 46.5 Å². The standard InChI is InChI=1S/C29H37.C19H22.2C5H5.2ClH.Zr/c1-18-25-22-17-19-13-9-10-14-20(19)24(22)21-15-11-12-16-23(21)29(25,8)28(6,7)27(4,5)26(18,2)3;1-14(2)18-9-5-16(6-10-18)13-17-7-11-19(12-8-17)15(3)4;2*1-2-4-5-3-1;;;/h9-11,13-15,23H,12,16-17H2,1-8H3;5-12,14-15H,1-4H3;2*1-5H;2*1H;/q-1;;2*-1;;;. The van der Waals surface area contributed by atoms with Crippen molar-refractivity contribution >= 4 is 33.6 Å². The van der Waals surface area contributed by atoms with Crippen molar-refractivity contribution in [2.45, 2.75) is 114 Å². The minimum atomic E-state index is 0. The van der Waals surface area contributed by atoms with Crippen LogP contribution in [-0.4, -0.2) is 3.21 Å². The topological polar surface area (TPSA) is 0 Å². The molecule has 0 spiro atoms. The molecule has 1 fully saturated rings. The van der Waals surface area contributed by atoms with E-state index in [1.165, 1.54) is 73.7 Å². The monoisotopic (exact) mass is 927 g/mol. The predicted molar refractivity (Wildman–Crippen MR) is 267 cm³/mol. The zero-order chi connectivity index (χ0) is 42.8. The molecule has 3 heteroatoms. The van der Waals surface area contributed by atoms with E-state index in [1.54, 1.807) is 28.2 Å². The van der Waals surface area contributed by atoms with Crippen LogP contribution in [0.25, 0.3) is 5.57 Å². The summed E-state index contributed by atoms with van der Waals surface area (Å²) < 4.78 is 1.43. The van der Waals surface area contributed by atoms with Crippen molar-refractivity contribution in [2.24, 2.45) is 27.6 Å². The van der Waals surface area contributed by atoms with Crippen LogP contribution in [0.3, 0.4) is 0 Å². The average Bonchev–Trinajstić information content (AvgIpc) is 4.06. The van der Waals surface area contributed by atoms with E-state index in [9.17, 15) is 0 Å². The van der Waals surface area contributed by atoms with Crippen LogP contribution in [0.15, 0.2) is 162 Å². The van der Waals surface area contributed by atoms with Crippen molar-refractivity contribution < 1.29 is 24.2 Å². The van der Waals surface area contributed by atoms with Gasteiger partial charge < -0.3 is 0 Å². The fourth-order valence-corrected chi connectivity index (χ4v) is 11.3. The summed E-state index contributed by atoms with van der Waals surface area (Å²) in [6.45, 7) is 29.2. The molecule has 4 aliphatic rings. The summed E-state index contributed by atoms with van der Waals surface area (Å²) in [4.78, 5) is 0. The van der Waals surface area contributed by atoms with Gasteiger partial charge in [0.2, 0.25) is 0 Å². The molecule has 9 rings (SSSR count). The van der Waals surface area contributed by atoms with Gasteiger partial charge in [-0.1, -0.05) is 113 Å². The van der Waals surface area contributed by atoms with Gasteiger partial charge in [0.15, 0.2) is 0 Å². The molecule has 0 amide bonds. The molecule has 0 saturated heterocycles.